The van der Waals surface area contributed by atoms with Crippen LogP contribution in [0.2, 0.25) is 0 Å². The van der Waals surface area contributed by atoms with E-state index in [1.54, 1.807) is 0 Å². The second-order valence-corrected chi connectivity index (χ2v) is 6.13. The zero-order chi connectivity index (χ0) is 15.8. The van der Waals surface area contributed by atoms with Crippen LogP contribution in [0.15, 0.2) is 18.2 Å². The number of hydrogen-bond donors (Lipinski definition) is 1. The first-order valence-electron chi connectivity index (χ1n) is 8.38. The van der Waals surface area contributed by atoms with Gasteiger partial charge in [0.2, 0.25) is 0 Å². The minimum Gasteiger partial charge on any atom is -0.380 e. The lowest BCUT2D eigenvalue weighted by molar-refractivity contribution is 0.152. The highest BCUT2D eigenvalue weighted by atomic mass is 16.5. The van der Waals surface area contributed by atoms with Crippen LogP contribution in [0.4, 0.5) is 5.69 Å². The average Bonchev–Trinajstić information content (AvgIpc) is 2.79. The van der Waals surface area contributed by atoms with Gasteiger partial charge in [0, 0.05) is 30.8 Å². The molecular formula is C18H22N4O. The van der Waals surface area contributed by atoms with Crippen molar-refractivity contribution in [3.8, 4) is 0 Å². The number of hydrogen-bond acceptors (Lipinski definition) is 4. The molecule has 1 fully saturated rings. The minimum absolute atomic E-state index is 0.773. The maximum absolute atomic E-state index is 5.65. The molecule has 3 heterocycles. The van der Waals surface area contributed by atoms with Gasteiger partial charge in [0.1, 0.15) is 0 Å². The Morgan fingerprint density at radius 1 is 1.26 bits per heavy atom. The molecule has 0 unspecified atom stereocenters. The van der Waals surface area contributed by atoms with Gasteiger partial charge in [-0.2, -0.15) is 5.10 Å². The standard InChI is InChI=1S/C18H22N4O/c1-3-13-6-4-7-14-16(13)19-18-15(12(2)20-21-18)17(14)22-8-5-10-23-11-9-22/h4,6-7H,3,5,8-11H2,1-2H3,(H,19,20,21). The van der Waals surface area contributed by atoms with Crippen molar-refractivity contribution in [2.24, 2.45) is 0 Å². The van der Waals surface area contributed by atoms with E-state index >= 15 is 0 Å². The third-order valence-electron chi connectivity index (χ3n) is 4.68. The number of nitrogens with zero attached hydrogens (tertiary/aromatic N) is 3. The fourth-order valence-corrected chi connectivity index (χ4v) is 3.52. The summed E-state index contributed by atoms with van der Waals surface area (Å²) in [6.45, 7) is 7.79. The molecule has 5 nitrogen and oxygen atoms in total. The molecule has 2 aromatic heterocycles. The van der Waals surface area contributed by atoms with Crippen LogP contribution in [0.25, 0.3) is 21.9 Å². The van der Waals surface area contributed by atoms with E-state index in [1.165, 1.54) is 16.6 Å². The topological polar surface area (TPSA) is 54.0 Å². The molecule has 3 aromatic rings. The number of aromatic amines is 1. The molecule has 0 atom stereocenters. The zero-order valence-corrected chi connectivity index (χ0v) is 13.7. The Morgan fingerprint density at radius 2 is 2.17 bits per heavy atom. The van der Waals surface area contributed by atoms with Gasteiger partial charge in [0.25, 0.3) is 0 Å². The highest BCUT2D eigenvalue weighted by molar-refractivity contribution is 6.08. The van der Waals surface area contributed by atoms with Gasteiger partial charge in [-0.3, -0.25) is 5.10 Å². The van der Waals surface area contributed by atoms with Crippen molar-refractivity contribution in [1.82, 2.24) is 15.2 Å². The van der Waals surface area contributed by atoms with E-state index in [4.69, 9.17) is 9.72 Å². The Kier molecular flexibility index (Phi) is 3.65. The summed E-state index contributed by atoms with van der Waals surface area (Å²) < 4.78 is 5.65. The van der Waals surface area contributed by atoms with Crippen molar-refractivity contribution in [2.75, 3.05) is 31.2 Å². The number of anilines is 1. The Hall–Kier alpha value is -2.14. The summed E-state index contributed by atoms with van der Waals surface area (Å²) in [7, 11) is 0. The fraction of sp³-hybridized carbons (Fsp3) is 0.444. The molecule has 120 valence electrons. The lowest BCUT2D eigenvalue weighted by Crippen LogP contribution is -2.26. The van der Waals surface area contributed by atoms with E-state index in [0.29, 0.717) is 0 Å². The molecule has 1 saturated heterocycles. The molecule has 0 aliphatic carbocycles. The molecule has 0 saturated carbocycles. The first-order valence-corrected chi connectivity index (χ1v) is 8.38. The van der Waals surface area contributed by atoms with Gasteiger partial charge in [-0.1, -0.05) is 25.1 Å². The van der Waals surface area contributed by atoms with Crippen LogP contribution in [0, 0.1) is 6.92 Å². The summed E-state index contributed by atoms with van der Waals surface area (Å²) in [5.74, 6) is 0. The van der Waals surface area contributed by atoms with Crippen molar-refractivity contribution in [3.63, 3.8) is 0 Å². The van der Waals surface area contributed by atoms with Crippen molar-refractivity contribution in [2.45, 2.75) is 26.7 Å². The van der Waals surface area contributed by atoms with Crippen LogP contribution in [0.5, 0.6) is 0 Å². The molecule has 1 aliphatic heterocycles. The summed E-state index contributed by atoms with van der Waals surface area (Å²) in [6, 6.07) is 6.49. The molecule has 0 spiro atoms. The number of aryl methyl sites for hydroxylation is 2. The number of rotatable bonds is 2. The molecule has 23 heavy (non-hydrogen) atoms. The van der Waals surface area contributed by atoms with E-state index in [2.05, 4.69) is 47.1 Å². The maximum atomic E-state index is 5.65. The minimum atomic E-state index is 0.773. The Bertz CT molecular complexity index is 847. The zero-order valence-electron chi connectivity index (χ0n) is 13.7. The SMILES string of the molecule is CCc1cccc2c(N3CCCOCC3)c3c(C)[nH]nc3nc12. The predicted molar refractivity (Wildman–Crippen MR) is 93.2 cm³/mol. The summed E-state index contributed by atoms with van der Waals surface area (Å²) in [5, 5.41) is 9.91. The molecule has 4 rings (SSSR count). The largest absolute Gasteiger partial charge is 0.380 e. The molecule has 0 radical (unpaired) electrons. The first kappa shape index (κ1) is 14.5. The van der Waals surface area contributed by atoms with E-state index in [0.717, 1.165) is 61.4 Å². The van der Waals surface area contributed by atoms with E-state index in [9.17, 15) is 0 Å². The third kappa shape index (κ3) is 2.36. The summed E-state index contributed by atoms with van der Waals surface area (Å²) in [6.07, 6.45) is 2.03. The summed E-state index contributed by atoms with van der Waals surface area (Å²) in [5.41, 5.74) is 5.51. The summed E-state index contributed by atoms with van der Waals surface area (Å²) in [4.78, 5) is 7.29. The van der Waals surface area contributed by atoms with E-state index in [-0.39, 0.29) is 0 Å². The Balaban J connectivity index is 2.05. The van der Waals surface area contributed by atoms with Gasteiger partial charge in [-0.15, -0.1) is 0 Å². The van der Waals surface area contributed by atoms with Gasteiger partial charge in [0.15, 0.2) is 5.65 Å². The Labute approximate surface area is 135 Å². The van der Waals surface area contributed by atoms with Crippen molar-refractivity contribution in [1.29, 1.82) is 0 Å². The number of H-pyrrole nitrogens is 1. The van der Waals surface area contributed by atoms with Gasteiger partial charge >= 0.3 is 0 Å². The number of para-hydroxylation sites is 1. The van der Waals surface area contributed by atoms with Crippen molar-refractivity contribution >= 4 is 27.6 Å². The fourth-order valence-electron chi connectivity index (χ4n) is 3.52. The predicted octanol–water partition coefficient (Wildman–Crippen LogP) is 3.21. The lowest BCUT2D eigenvalue weighted by atomic mass is 10.0. The van der Waals surface area contributed by atoms with E-state index in [1.807, 2.05) is 0 Å². The third-order valence-corrected chi connectivity index (χ3v) is 4.68. The highest BCUT2D eigenvalue weighted by Crippen LogP contribution is 2.36. The normalized spacial score (nSPS) is 16.2. The van der Waals surface area contributed by atoms with Gasteiger partial charge in [0.05, 0.1) is 23.2 Å². The molecule has 1 aromatic carbocycles. The second-order valence-electron chi connectivity index (χ2n) is 6.13. The number of nitrogens with one attached hydrogen (secondary N) is 1. The van der Waals surface area contributed by atoms with E-state index < -0.39 is 0 Å². The lowest BCUT2D eigenvalue weighted by Gasteiger charge is -2.25. The van der Waals surface area contributed by atoms with Crippen LogP contribution < -0.4 is 4.90 Å². The molecule has 0 amide bonds. The molecule has 1 N–H and O–H groups in total. The Morgan fingerprint density at radius 3 is 3.04 bits per heavy atom. The summed E-state index contributed by atoms with van der Waals surface area (Å²) >= 11 is 0. The van der Waals surface area contributed by atoms with Crippen LogP contribution in [0.3, 0.4) is 0 Å². The average molecular weight is 310 g/mol. The number of aromatic nitrogens is 3. The number of pyridine rings is 1. The molecular weight excluding hydrogens is 288 g/mol. The van der Waals surface area contributed by atoms with Crippen LogP contribution in [-0.2, 0) is 11.2 Å². The van der Waals surface area contributed by atoms with Crippen LogP contribution in [0.1, 0.15) is 24.6 Å². The number of ether oxygens (including phenoxy) is 1. The van der Waals surface area contributed by atoms with Crippen LogP contribution >= 0.6 is 0 Å². The van der Waals surface area contributed by atoms with Gasteiger partial charge in [-0.25, -0.2) is 4.98 Å². The van der Waals surface area contributed by atoms with Gasteiger partial charge in [-0.05, 0) is 25.3 Å². The highest BCUT2D eigenvalue weighted by Gasteiger charge is 2.21. The quantitative estimate of drug-likeness (QED) is 0.789. The first-order chi connectivity index (χ1) is 11.3. The molecule has 0 bridgehead atoms. The number of benzene rings is 1. The van der Waals surface area contributed by atoms with Crippen molar-refractivity contribution in [3.05, 3.63) is 29.5 Å². The maximum Gasteiger partial charge on any atom is 0.183 e. The van der Waals surface area contributed by atoms with Crippen molar-refractivity contribution < 1.29 is 4.74 Å². The molecule has 5 heteroatoms. The van der Waals surface area contributed by atoms with Gasteiger partial charge < -0.3 is 9.64 Å². The smallest absolute Gasteiger partial charge is 0.183 e. The monoisotopic (exact) mass is 310 g/mol. The second kappa shape index (κ2) is 5.81. The number of fused-ring (bicyclic) bond motifs is 2. The van der Waals surface area contributed by atoms with Crippen LogP contribution in [-0.4, -0.2) is 41.5 Å². The molecule has 1 aliphatic rings.